The molecule has 240 valence electrons. The van der Waals surface area contributed by atoms with Crippen molar-refractivity contribution in [2.45, 2.75) is 55.3 Å². The first kappa shape index (κ1) is 32.7. The van der Waals surface area contributed by atoms with Gasteiger partial charge in [0.15, 0.2) is 0 Å². The van der Waals surface area contributed by atoms with E-state index in [-0.39, 0.29) is 13.0 Å². The molecule has 0 aromatic heterocycles. The van der Waals surface area contributed by atoms with E-state index in [0.717, 1.165) is 5.56 Å². The second-order valence-corrected chi connectivity index (χ2v) is 11.9. The quantitative estimate of drug-likeness (QED) is 0.254. The summed E-state index contributed by atoms with van der Waals surface area (Å²) in [5, 5.41) is 26.9. The number of imide groups is 1. The molecule has 0 spiro atoms. The molecule has 0 saturated carbocycles. The highest BCUT2D eigenvalue weighted by Crippen LogP contribution is 2.50. The highest BCUT2D eigenvalue weighted by Gasteiger charge is 2.66. The Hall–Kier alpha value is -3.68. The number of nitrogens with one attached hydrogen (secondary N) is 1. The fraction of sp³-hybridized carbons (Fsp3) is 0.412. The van der Waals surface area contributed by atoms with E-state index < -0.39 is 59.3 Å². The molecule has 2 aliphatic heterocycles. The van der Waals surface area contributed by atoms with Gasteiger partial charge in [-0.1, -0.05) is 91.0 Å². The van der Waals surface area contributed by atoms with Crippen LogP contribution in [-0.4, -0.2) is 78.6 Å². The molecule has 5 rings (SSSR count). The highest BCUT2D eigenvalue weighted by molar-refractivity contribution is 6.00. The van der Waals surface area contributed by atoms with Crippen molar-refractivity contribution < 1.29 is 38.7 Å². The van der Waals surface area contributed by atoms with Gasteiger partial charge in [-0.2, -0.15) is 0 Å². The number of nitrogens with two attached hydrogens (primary N) is 1. The Labute approximate surface area is 262 Å². The average molecular weight is 620 g/mol. The molecule has 2 heterocycles. The number of ether oxygens (including phenoxy) is 4. The highest BCUT2D eigenvalue weighted by atomic mass is 16.6. The molecule has 3 aromatic carbocycles. The molecule has 8 atom stereocenters. The van der Waals surface area contributed by atoms with Crippen molar-refractivity contribution in [2.75, 3.05) is 27.9 Å². The van der Waals surface area contributed by atoms with Crippen LogP contribution in [0.5, 0.6) is 0 Å². The minimum absolute atomic E-state index is 0.212. The van der Waals surface area contributed by atoms with Gasteiger partial charge in [-0.15, -0.1) is 0 Å². The number of hydrogen-bond acceptors (Lipinski definition) is 9. The molecule has 11 nitrogen and oxygen atoms in total. The largest absolute Gasteiger partial charge is 0.387 e. The number of methoxy groups -OCH3 is 3. The fourth-order valence-corrected chi connectivity index (χ4v) is 6.85. The number of carbonyl (C=O) groups excluding carboxylic acids is 2. The van der Waals surface area contributed by atoms with Crippen molar-refractivity contribution in [1.29, 1.82) is 0 Å². The third-order valence-corrected chi connectivity index (χ3v) is 9.00. The average Bonchev–Trinajstić information content (AvgIpc) is 3.33. The van der Waals surface area contributed by atoms with E-state index in [1.54, 1.807) is 55.5 Å². The molecule has 0 aliphatic carbocycles. The number of rotatable bonds is 11. The molecule has 3 aromatic rings. The van der Waals surface area contributed by atoms with Crippen molar-refractivity contribution in [3.05, 3.63) is 108 Å². The van der Waals surface area contributed by atoms with Crippen LogP contribution in [-0.2, 0) is 23.7 Å². The molecule has 0 radical (unpaired) electrons. The van der Waals surface area contributed by atoms with Gasteiger partial charge in [-0.3, -0.25) is 20.7 Å². The van der Waals surface area contributed by atoms with Crippen LogP contribution < -0.4 is 11.1 Å². The van der Waals surface area contributed by atoms with E-state index in [1.807, 2.05) is 42.5 Å². The van der Waals surface area contributed by atoms with Crippen LogP contribution in [0, 0.1) is 5.41 Å². The first-order chi connectivity index (χ1) is 21.5. The molecule has 2 saturated heterocycles. The summed E-state index contributed by atoms with van der Waals surface area (Å²) in [6.45, 7) is 1.47. The van der Waals surface area contributed by atoms with E-state index in [4.69, 9.17) is 24.7 Å². The van der Waals surface area contributed by atoms with Gasteiger partial charge in [0.25, 0.3) is 0 Å². The SMILES string of the molecule is COC(c1ccccc1)C(O)[C@H]1O[C@@](N)(N2CC(C)(C(OC)c3ccccc3)C(=O)NC2=O)C[C@@]1(O)C(OC)c1ccccc1. The Kier molecular flexibility index (Phi) is 9.43. The minimum atomic E-state index is -2.00. The molecule has 5 N–H and O–H groups in total. The van der Waals surface area contributed by atoms with Gasteiger partial charge < -0.3 is 29.2 Å². The third-order valence-electron chi connectivity index (χ3n) is 9.00. The Balaban J connectivity index is 1.57. The lowest BCUT2D eigenvalue weighted by molar-refractivity contribution is -0.209. The monoisotopic (exact) mass is 619 g/mol. The van der Waals surface area contributed by atoms with Gasteiger partial charge >= 0.3 is 6.03 Å². The predicted octanol–water partition coefficient (Wildman–Crippen LogP) is 3.20. The van der Waals surface area contributed by atoms with E-state index in [1.165, 1.54) is 26.2 Å². The Bertz CT molecular complexity index is 1460. The lowest BCUT2D eigenvalue weighted by atomic mass is 9.77. The zero-order valence-corrected chi connectivity index (χ0v) is 25.8. The molecule has 2 aliphatic rings. The maximum Gasteiger partial charge on any atom is 0.327 e. The van der Waals surface area contributed by atoms with Gasteiger partial charge in [0.05, 0.1) is 11.5 Å². The topological polar surface area (TPSA) is 153 Å². The number of hydrogen-bond donors (Lipinski definition) is 4. The second-order valence-electron chi connectivity index (χ2n) is 11.9. The maximum atomic E-state index is 13.5. The van der Waals surface area contributed by atoms with Crippen LogP contribution in [0.3, 0.4) is 0 Å². The summed E-state index contributed by atoms with van der Waals surface area (Å²) in [4.78, 5) is 28.2. The van der Waals surface area contributed by atoms with Crippen LogP contribution in [0.2, 0.25) is 0 Å². The van der Waals surface area contributed by atoms with Crippen LogP contribution in [0.4, 0.5) is 4.79 Å². The summed E-state index contributed by atoms with van der Waals surface area (Å²) in [7, 11) is 4.37. The first-order valence-electron chi connectivity index (χ1n) is 14.8. The maximum absolute atomic E-state index is 13.5. The summed E-state index contributed by atoms with van der Waals surface area (Å²) >= 11 is 0. The van der Waals surface area contributed by atoms with Crippen molar-refractivity contribution in [2.24, 2.45) is 11.1 Å². The number of aliphatic hydroxyl groups is 2. The summed E-state index contributed by atoms with van der Waals surface area (Å²) in [6, 6.07) is 26.4. The van der Waals surface area contributed by atoms with Crippen molar-refractivity contribution in [3.63, 3.8) is 0 Å². The van der Waals surface area contributed by atoms with E-state index in [0.29, 0.717) is 11.1 Å². The molecular weight excluding hydrogens is 578 g/mol. The fourth-order valence-electron chi connectivity index (χ4n) is 6.85. The second kappa shape index (κ2) is 13.0. The van der Waals surface area contributed by atoms with E-state index in [2.05, 4.69) is 5.32 Å². The molecular formula is C34H41N3O8. The van der Waals surface area contributed by atoms with Crippen LogP contribution in [0.15, 0.2) is 91.0 Å². The number of benzene rings is 3. The number of carbonyl (C=O) groups is 2. The number of urea groups is 1. The number of aliphatic hydroxyl groups excluding tert-OH is 1. The van der Waals surface area contributed by atoms with Gasteiger partial charge in [0, 0.05) is 34.3 Å². The standard InChI is InChI=1S/C34H41N3O8/c1-32(27(43-3)23-16-10-6-11-17-23)21-37(31(40)36-30(32)39)34(35)20-33(41,28(44-4)24-18-12-7-13-19-24)29(45-34)25(38)26(42-2)22-14-8-5-9-15-22/h5-19,25-29,38,41H,20-21,35H2,1-4H3,(H,36,39,40)/t25?,26?,27?,28?,29-,32?,33-,34+/m1/s1. The summed E-state index contributed by atoms with van der Waals surface area (Å²) in [5.74, 6) is -2.54. The van der Waals surface area contributed by atoms with Crippen molar-refractivity contribution >= 4 is 11.9 Å². The van der Waals surface area contributed by atoms with Crippen molar-refractivity contribution in [3.8, 4) is 0 Å². The van der Waals surface area contributed by atoms with Gasteiger partial charge in [0.2, 0.25) is 11.8 Å². The summed E-state index contributed by atoms with van der Waals surface area (Å²) in [6.07, 6.45) is -5.98. The lowest BCUT2D eigenvalue weighted by Gasteiger charge is -2.48. The zero-order chi connectivity index (χ0) is 32.4. The summed E-state index contributed by atoms with van der Waals surface area (Å²) in [5.41, 5.74) is 5.63. The van der Waals surface area contributed by atoms with Crippen molar-refractivity contribution in [1.82, 2.24) is 10.2 Å². The van der Waals surface area contributed by atoms with E-state index >= 15 is 0 Å². The van der Waals surface area contributed by atoms with Crippen LogP contribution >= 0.6 is 0 Å². The Morgan fingerprint density at radius 2 is 1.33 bits per heavy atom. The number of amides is 3. The number of nitrogens with zero attached hydrogens (tertiary/aromatic N) is 1. The predicted molar refractivity (Wildman–Crippen MR) is 164 cm³/mol. The molecule has 5 unspecified atom stereocenters. The Morgan fingerprint density at radius 3 is 1.82 bits per heavy atom. The van der Waals surface area contributed by atoms with Gasteiger partial charge in [-0.05, 0) is 23.6 Å². The molecule has 45 heavy (non-hydrogen) atoms. The zero-order valence-electron chi connectivity index (χ0n) is 25.8. The molecule has 0 bridgehead atoms. The van der Waals surface area contributed by atoms with Crippen LogP contribution in [0.1, 0.15) is 48.3 Å². The smallest absolute Gasteiger partial charge is 0.327 e. The van der Waals surface area contributed by atoms with E-state index in [9.17, 15) is 19.8 Å². The summed E-state index contributed by atoms with van der Waals surface area (Å²) < 4.78 is 23.8. The Morgan fingerprint density at radius 1 is 0.844 bits per heavy atom. The molecule has 2 fully saturated rings. The van der Waals surface area contributed by atoms with Gasteiger partial charge in [0.1, 0.15) is 30.0 Å². The van der Waals surface area contributed by atoms with Gasteiger partial charge in [-0.25, -0.2) is 4.79 Å². The third kappa shape index (κ3) is 5.88. The van der Waals surface area contributed by atoms with Crippen LogP contribution in [0.25, 0.3) is 0 Å². The lowest BCUT2D eigenvalue weighted by Crippen LogP contribution is -2.70. The minimum Gasteiger partial charge on any atom is -0.387 e. The normalized spacial score (nSPS) is 29.6. The first-order valence-corrected chi connectivity index (χ1v) is 14.8. The molecule has 3 amide bonds. The molecule has 11 heteroatoms.